The zero-order chi connectivity index (χ0) is 15.8. The Morgan fingerprint density at radius 1 is 1.33 bits per heavy atom. The standard InChI is InChI=1S/C14H17Cl2NO4/c1-21-8-12(14(19)20)17-13(18)4-2-3-9-5-6-10(15)11(16)7-9/h5-7,12H,2-4,8H2,1H3,(H,17,18)(H,19,20). The van der Waals surface area contributed by atoms with Gasteiger partial charge in [-0.25, -0.2) is 4.79 Å². The minimum absolute atomic E-state index is 0.0616. The van der Waals surface area contributed by atoms with E-state index in [-0.39, 0.29) is 18.9 Å². The van der Waals surface area contributed by atoms with Gasteiger partial charge < -0.3 is 15.2 Å². The van der Waals surface area contributed by atoms with E-state index in [1.54, 1.807) is 12.1 Å². The third-order valence-corrected chi connectivity index (χ3v) is 3.56. The first-order valence-electron chi connectivity index (χ1n) is 6.39. The van der Waals surface area contributed by atoms with E-state index in [1.807, 2.05) is 6.07 Å². The van der Waals surface area contributed by atoms with Gasteiger partial charge in [-0.05, 0) is 30.5 Å². The summed E-state index contributed by atoms with van der Waals surface area (Å²) in [6.07, 6.45) is 1.48. The predicted octanol–water partition coefficient (Wildman–Crippen LogP) is 2.53. The SMILES string of the molecule is COCC(NC(=O)CCCc1ccc(Cl)c(Cl)c1)C(=O)O. The molecule has 0 aliphatic rings. The fourth-order valence-corrected chi connectivity index (χ4v) is 2.08. The monoisotopic (exact) mass is 333 g/mol. The number of carbonyl (C=O) groups is 2. The van der Waals surface area contributed by atoms with Crippen LogP contribution >= 0.6 is 23.2 Å². The van der Waals surface area contributed by atoms with Gasteiger partial charge in [0.05, 0.1) is 16.7 Å². The Morgan fingerprint density at radius 2 is 2.05 bits per heavy atom. The van der Waals surface area contributed by atoms with Crippen LogP contribution in [0.15, 0.2) is 18.2 Å². The average molecular weight is 334 g/mol. The first-order valence-corrected chi connectivity index (χ1v) is 7.14. The molecule has 1 unspecified atom stereocenters. The Labute approximate surface area is 133 Å². The van der Waals surface area contributed by atoms with Gasteiger partial charge in [-0.2, -0.15) is 0 Å². The molecule has 7 heteroatoms. The van der Waals surface area contributed by atoms with Crippen LogP contribution in [-0.2, 0) is 20.7 Å². The van der Waals surface area contributed by atoms with E-state index in [1.165, 1.54) is 7.11 Å². The van der Waals surface area contributed by atoms with Crippen molar-refractivity contribution in [3.05, 3.63) is 33.8 Å². The van der Waals surface area contributed by atoms with Crippen LogP contribution < -0.4 is 5.32 Å². The Balaban J connectivity index is 2.39. The van der Waals surface area contributed by atoms with Gasteiger partial charge in [0.1, 0.15) is 0 Å². The van der Waals surface area contributed by atoms with E-state index in [4.69, 9.17) is 33.0 Å². The van der Waals surface area contributed by atoms with Crippen LogP contribution in [-0.4, -0.2) is 36.7 Å². The minimum atomic E-state index is -1.12. The highest BCUT2D eigenvalue weighted by molar-refractivity contribution is 6.42. The molecule has 1 aromatic carbocycles. The topological polar surface area (TPSA) is 75.6 Å². The smallest absolute Gasteiger partial charge is 0.328 e. The summed E-state index contributed by atoms with van der Waals surface area (Å²) < 4.78 is 4.74. The van der Waals surface area contributed by atoms with Gasteiger partial charge in [0.2, 0.25) is 5.91 Å². The molecule has 1 aromatic rings. The summed E-state index contributed by atoms with van der Waals surface area (Å²) in [6, 6.07) is 4.29. The van der Waals surface area contributed by atoms with Gasteiger partial charge in [-0.1, -0.05) is 29.3 Å². The summed E-state index contributed by atoms with van der Waals surface area (Å²) in [4.78, 5) is 22.5. The maximum atomic E-state index is 11.7. The van der Waals surface area contributed by atoms with Crippen molar-refractivity contribution in [2.75, 3.05) is 13.7 Å². The molecule has 0 radical (unpaired) electrons. The number of carbonyl (C=O) groups excluding carboxylic acids is 1. The van der Waals surface area contributed by atoms with Crippen molar-refractivity contribution < 1.29 is 19.4 Å². The highest BCUT2D eigenvalue weighted by Gasteiger charge is 2.19. The molecular formula is C14H17Cl2NO4. The molecule has 0 bridgehead atoms. The fraction of sp³-hybridized carbons (Fsp3) is 0.429. The number of rotatable bonds is 8. The summed E-state index contributed by atoms with van der Waals surface area (Å²) in [5, 5.41) is 12.3. The molecular weight excluding hydrogens is 317 g/mol. The molecule has 21 heavy (non-hydrogen) atoms. The fourth-order valence-electron chi connectivity index (χ4n) is 1.76. The second-order valence-corrected chi connectivity index (χ2v) is 5.33. The first-order chi connectivity index (χ1) is 9.93. The molecule has 0 saturated heterocycles. The summed E-state index contributed by atoms with van der Waals surface area (Å²) in [5.41, 5.74) is 0.976. The van der Waals surface area contributed by atoms with Gasteiger partial charge in [0.15, 0.2) is 6.04 Å². The normalized spacial score (nSPS) is 12.0. The minimum Gasteiger partial charge on any atom is -0.480 e. The van der Waals surface area contributed by atoms with E-state index in [0.29, 0.717) is 22.9 Å². The number of nitrogens with one attached hydrogen (secondary N) is 1. The lowest BCUT2D eigenvalue weighted by Crippen LogP contribution is -2.43. The molecule has 0 aromatic heterocycles. The van der Waals surface area contributed by atoms with Gasteiger partial charge in [-0.3, -0.25) is 4.79 Å². The van der Waals surface area contributed by atoms with Crippen LogP contribution in [0.25, 0.3) is 0 Å². The van der Waals surface area contributed by atoms with Gasteiger partial charge in [0, 0.05) is 13.5 Å². The molecule has 0 heterocycles. The number of aliphatic carboxylic acids is 1. The maximum absolute atomic E-state index is 11.7. The van der Waals surface area contributed by atoms with E-state index in [9.17, 15) is 9.59 Å². The number of carboxylic acid groups (broad SMARTS) is 1. The number of amides is 1. The van der Waals surface area contributed by atoms with Crippen molar-refractivity contribution in [2.24, 2.45) is 0 Å². The lowest BCUT2D eigenvalue weighted by Gasteiger charge is -2.13. The van der Waals surface area contributed by atoms with Crippen molar-refractivity contribution in [3.8, 4) is 0 Å². The third-order valence-electron chi connectivity index (χ3n) is 2.82. The van der Waals surface area contributed by atoms with Crippen molar-refractivity contribution in [1.29, 1.82) is 0 Å². The molecule has 1 atom stereocenters. The number of benzene rings is 1. The molecule has 0 spiro atoms. The molecule has 1 amide bonds. The van der Waals surface area contributed by atoms with E-state index in [0.717, 1.165) is 5.56 Å². The van der Waals surface area contributed by atoms with E-state index < -0.39 is 12.0 Å². The zero-order valence-corrected chi connectivity index (χ0v) is 13.1. The van der Waals surface area contributed by atoms with Crippen LogP contribution in [0.1, 0.15) is 18.4 Å². The highest BCUT2D eigenvalue weighted by Crippen LogP contribution is 2.23. The van der Waals surface area contributed by atoms with Crippen molar-refractivity contribution in [3.63, 3.8) is 0 Å². The third kappa shape index (κ3) is 6.33. The lowest BCUT2D eigenvalue weighted by atomic mass is 10.1. The zero-order valence-electron chi connectivity index (χ0n) is 11.6. The molecule has 2 N–H and O–H groups in total. The van der Waals surface area contributed by atoms with Crippen LogP contribution in [0.2, 0.25) is 10.0 Å². The number of halogens is 2. The second-order valence-electron chi connectivity index (χ2n) is 4.52. The van der Waals surface area contributed by atoms with Crippen molar-refractivity contribution in [1.82, 2.24) is 5.32 Å². The molecule has 0 saturated carbocycles. The van der Waals surface area contributed by atoms with Crippen LogP contribution in [0.4, 0.5) is 0 Å². The number of hydrogen-bond donors (Lipinski definition) is 2. The second kappa shape index (κ2) is 8.87. The Kier molecular flexibility index (Phi) is 7.50. The first kappa shape index (κ1) is 17.8. The molecule has 5 nitrogen and oxygen atoms in total. The molecule has 0 fully saturated rings. The quantitative estimate of drug-likeness (QED) is 0.766. The van der Waals surface area contributed by atoms with Gasteiger partial charge in [-0.15, -0.1) is 0 Å². The van der Waals surface area contributed by atoms with Gasteiger partial charge in [0.25, 0.3) is 0 Å². The Bertz CT molecular complexity index is 508. The summed E-state index contributed by atoms with van der Waals surface area (Å²) in [6.45, 7) is -0.0616. The van der Waals surface area contributed by atoms with Crippen molar-refractivity contribution in [2.45, 2.75) is 25.3 Å². The predicted molar refractivity (Wildman–Crippen MR) is 80.8 cm³/mol. The van der Waals surface area contributed by atoms with E-state index in [2.05, 4.69) is 5.32 Å². The number of carboxylic acids is 1. The Hall–Kier alpha value is -1.30. The molecule has 1 rings (SSSR count). The van der Waals surface area contributed by atoms with Crippen LogP contribution in [0.3, 0.4) is 0 Å². The lowest BCUT2D eigenvalue weighted by molar-refractivity contribution is -0.143. The number of methoxy groups -OCH3 is 1. The average Bonchev–Trinajstić information content (AvgIpc) is 2.42. The highest BCUT2D eigenvalue weighted by atomic mass is 35.5. The van der Waals surface area contributed by atoms with Crippen LogP contribution in [0.5, 0.6) is 0 Å². The largest absolute Gasteiger partial charge is 0.480 e. The number of aryl methyl sites for hydroxylation is 1. The van der Waals surface area contributed by atoms with Crippen LogP contribution in [0, 0.1) is 0 Å². The number of ether oxygens (including phenoxy) is 1. The molecule has 0 aliphatic heterocycles. The van der Waals surface area contributed by atoms with Gasteiger partial charge >= 0.3 is 5.97 Å². The van der Waals surface area contributed by atoms with Crippen molar-refractivity contribution >= 4 is 35.1 Å². The molecule has 116 valence electrons. The van der Waals surface area contributed by atoms with E-state index >= 15 is 0 Å². The summed E-state index contributed by atoms with van der Waals surface area (Å²) in [7, 11) is 1.38. The number of hydrogen-bond acceptors (Lipinski definition) is 3. The summed E-state index contributed by atoms with van der Waals surface area (Å²) >= 11 is 11.7. The summed E-state index contributed by atoms with van der Waals surface area (Å²) in [5.74, 6) is -1.44. The maximum Gasteiger partial charge on any atom is 0.328 e. The Morgan fingerprint density at radius 3 is 2.62 bits per heavy atom. The molecule has 0 aliphatic carbocycles.